The Labute approximate surface area is 84.4 Å². The molecule has 2 heterocycles. The molecular formula is C12H16N2. The van der Waals surface area contributed by atoms with Gasteiger partial charge in [-0.05, 0) is 36.4 Å². The standard InChI is InChI=1S/C12H16N2/c1-2-6-14-12-9(3-1)4-5-10-7-13-8-11(10)12/h4-5,7-9,12-14H,1-3,6H2. The smallest absolute Gasteiger partial charge is 0.0404 e. The molecule has 0 bridgehead atoms. The molecule has 1 aromatic rings. The summed E-state index contributed by atoms with van der Waals surface area (Å²) in [6.45, 7) is 1.17. The lowest BCUT2D eigenvalue weighted by atomic mass is 9.85. The Balaban J connectivity index is 1.99. The van der Waals surface area contributed by atoms with E-state index in [1.807, 2.05) is 0 Å². The van der Waals surface area contributed by atoms with Crippen molar-refractivity contribution in [2.24, 2.45) is 5.92 Å². The highest BCUT2D eigenvalue weighted by Gasteiger charge is 2.27. The summed E-state index contributed by atoms with van der Waals surface area (Å²) in [7, 11) is 0. The Morgan fingerprint density at radius 3 is 3.21 bits per heavy atom. The van der Waals surface area contributed by atoms with E-state index in [0.29, 0.717) is 12.0 Å². The second kappa shape index (κ2) is 3.28. The molecular weight excluding hydrogens is 172 g/mol. The van der Waals surface area contributed by atoms with E-state index < -0.39 is 0 Å². The van der Waals surface area contributed by atoms with Crippen LogP contribution < -0.4 is 5.32 Å². The van der Waals surface area contributed by atoms with Crippen molar-refractivity contribution >= 4 is 6.08 Å². The zero-order chi connectivity index (χ0) is 9.38. The SMILES string of the molecule is C1=CC2CCCCNC2c2c[nH]cc21. The molecule has 1 aromatic heterocycles. The van der Waals surface area contributed by atoms with Crippen molar-refractivity contribution in [3.8, 4) is 0 Å². The molecule has 1 aliphatic heterocycles. The number of aromatic amines is 1. The highest BCUT2D eigenvalue weighted by molar-refractivity contribution is 5.57. The molecule has 2 N–H and O–H groups in total. The van der Waals surface area contributed by atoms with Crippen LogP contribution in [-0.2, 0) is 0 Å². The normalized spacial score (nSPS) is 30.6. The fourth-order valence-electron chi connectivity index (χ4n) is 2.66. The van der Waals surface area contributed by atoms with Crippen molar-refractivity contribution in [2.75, 3.05) is 6.54 Å². The third kappa shape index (κ3) is 1.22. The quantitative estimate of drug-likeness (QED) is 0.643. The van der Waals surface area contributed by atoms with Crippen LogP contribution >= 0.6 is 0 Å². The minimum Gasteiger partial charge on any atom is -0.367 e. The van der Waals surface area contributed by atoms with Crippen molar-refractivity contribution in [1.29, 1.82) is 0 Å². The molecule has 0 spiro atoms. The van der Waals surface area contributed by atoms with E-state index in [1.165, 1.54) is 36.9 Å². The van der Waals surface area contributed by atoms with E-state index in [0.717, 1.165) is 0 Å². The first-order chi connectivity index (χ1) is 6.95. The molecule has 2 nitrogen and oxygen atoms in total. The van der Waals surface area contributed by atoms with Crippen LogP contribution in [0.5, 0.6) is 0 Å². The summed E-state index contributed by atoms with van der Waals surface area (Å²) in [4.78, 5) is 3.20. The third-order valence-corrected chi connectivity index (χ3v) is 3.43. The fourth-order valence-corrected chi connectivity index (χ4v) is 2.66. The number of H-pyrrole nitrogens is 1. The first-order valence-corrected chi connectivity index (χ1v) is 5.53. The van der Waals surface area contributed by atoms with Gasteiger partial charge in [0.25, 0.3) is 0 Å². The molecule has 1 fully saturated rings. The maximum absolute atomic E-state index is 3.65. The molecule has 14 heavy (non-hydrogen) atoms. The van der Waals surface area contributed by atoms with Crippen molar-refractivity contribution in [2.45, 2.75) is 25.3 Å². The maximum Gasteiger partial charge on any atom is 0.0404 e. The largest absolute Gasteiger partial charge is 0.367 e. The zero-order valence-corrected chi connectivity index (χ0v) is 8.29. The van der Waals surface area contributed by atoms with Crippen LogP contribution in [0.2, 0.25) is 0 Å². The van der Waals surface area contributed by atoms with Gasteiger partial charge in [-0.2, -0.15) is 0 Å². The maximum atomic E-state index is 3.65. The van der Waals surface area contributed by atoms with Gasteiger partial charge in [0.05, 0.1) is 0 Å². The van der Waals surface area contributed by atoms with Gasteiger partial charge in [-0.15, -0.1) is 0 Å². The number of aromatic nitrogens is 1. The molecule has 0 aromatic carbocycles. The molecule has 74 valence electrons. The van der Waals surface area contributed by atoms with Gasteiger partial charge in [-0.3, -0.25) is 0 Å². The monoisotopic (exact) mass is 188 g/mol. The molecule has 2 aliphatic rings. The molecule has 1 saturated heterocycles. The molecule has 2 heteroatoms. The van der Waals surface area contributed by atoms with Crippen LogP contribution in [0.4, 0.5) is 0 Å². The topological polar surface area (TPSA) is 27.8 Å². The van der Waals surface area contributed by atoms with Gasteiger partial charge in [0.15, 0.2) is 0 Å². The highest BCUT2D eigenvalue weighted by atomic mass is 14.9. The highest BCUT2D eigenvalue weighted by Crippen LogP contribution is 2.36. The van der Waals surface area contributed by atoms with E-state index in [1.54, 1.807) is 0 Å². The third-order valence-electron chi connectivity index (χ3n) is 3.43. The summed E-state index contributed by atoms with van der Waals surface area (Å²) in [5.41, 5.74) is 2.82. The Hall–Kier alpha value is -1.02. The minimum atomic E-state index is 0.559. The van der Waals surface area contributed by atoms with E-state index in [-0.39, 0.29) is 0 Å². The summed E-state index contributed by atoms with van der Waals surface area (Å²) >= 11 is 0. The van der Waals surface area contributed by atoms with Gasteiger partial charge < -0.3 is 10.3 Å². The van der Waals surface area contributed by atoms with Gasteiger partial charge in [0, 0.05) is 18.4 Å². The van der Waals surface area contributed by atoms with Crippen LogP contribution in [0, 0.1) is 5.92 Å². The predicted octanol–water partition coefficient (Wildman–Crippen LogP) is 2.47. The summed E-state index contributed by atoms with van der Waals surface area (Å²) < 4.78 is 0. The Morgan fingerprint density at radius 1 is 1.21 bits per heavy atom. The predicted molar refractivity (Wildman–Crippen MR) is 57.9 cm³/mol. The lowest BCUT2D eigenvalue weighted by Crippen LogP contribution is -2.27. The van der Waals surface area contributed by atoms with E-state index in [2.05, 4.69) is 34.8 Å². The molecule has 0 amide bonds. The fraction of sp³-hybridized carbons (Fsp3) is 0.500. The van der Waals surface area contributed by atoms with Crippen molar-refractivity contribution in [3.05, 3.63) is 29.6 Å². The van der Waals surface area contributed by atoms with Gasteiger partial charge in [-0.1, -0.05) is 18.6 Å². The minimum absolute atomic E-state index is 0.559. The number of fused-ring (bicyclic) bond motifs is 3. The van der Waals surface area contributed by atoms with Crippen molar-refractivity contribution < 1.29 is 0 Å². The second-order valence-electron chi connectivity index (χ2n) is 4.32. The number of hydrogen-bond donors (Lipinski definition) is 2. The van der Waals surface area contributed by atoms with Gasteiger partial charge in [0.2, 0.25) is 0 Å². The van der Waals surface area contributed by atoms with Crippen LogP contribution in [0.25, 0.3) is 6.08 Å². The van der Waals surface area contributed by atoms with Gasteiger partial charge in [-0.25, -0.2) is 0 Å². The number of hydrogen-bond acceptors (Lipinski definition) is 1. The van der Waals surface area contributed by atoms with E-state index in [9.17, 15) is 0 Å². The Kier molecular flexibility index (Phi) is 1.95. The molecule has 1 aliphatic carbocycles. The molecule has 0 saturated carbocycles. The first-order valence-electron chi connectivity index (χ1n) is 5.53. The van der Waals surface area contributed by atoms with E-state index >= 15 is 0 Å². The van der Waals surface area contributed by atoms with Gasteiger partial charge >= 0.3 is 0 Å². The van der Waals surface area contributed by atoms with Crippen LogP contribution in [0.3, 0.4) is 0 Å². The van der Waals surface area contributed by atoms with Crippen molar-refractivity contribution in [3.63, 3.8) is 0 Å². The first kappa shape index (κ1) is 8.30. The van der Waals surface area contributed by atoms with Gasteiger partial charge in [0.1, 0.15) is 0 Å². The average molecular weight is 188 g/mol. The van der Waals surface area contributed by atoms with Crippen LogP contribution in [0.15, 0.2) is 18.5 Å². The summed E-state index contributed by atoms with van der Waals surface area (Å²) in [6, 6.07) is 0.559. The number of rotatable bonds is 0. The number of nitrogens with one attached hydrogen (secondary N) is 2. The Bertz CT molecular complexity index is 351. The molecule has 2 atom stereocenters. The Morgan fingerprint density at radius 2 is 2.21 bits per heavy atom. The summed E-state index contributed by atoms with van der Waals surface area (Å²) in [5.74, 6) is 0.709. The average Bonchev–Trinajstić information content (AvgIpc) is 2.55. The van der Waals surface area contributed by atoms with Crippen LogP contribution in [-0.4, -0.2) is 11.5 Å². The molecule has 2 unspecified atom stereocenters. The second-order valence-corrected chi connectivity index (χ2v) is 4.32. The van der Waals surface area contributed by atoms with Crippen LogP contribution in [0.1, 0.15) is 36.4 Å². The summed E-state index contributed by atoms with van der Waals surface area (Å²) in [5, 5.41) is 3.65. The summed E-state index contributed by atoms with van der Waals surface area (Å²) in [6.07, 6.45) is 12.9. The molecule has 3 rings (SSSR count). The lowest BCUT2D eigenvalue weighted by molar-refractivity contribution is 0.437. The zero-order valence-electron chi connectivity index (χ0n) is 8.29. The lowest BCUT2D eigenvalue weighted by Gasteiger charge is -2.26. The van der Waals surface area contributed by atoms with Crippen molar-refractivity contribution in [1.82, 2.24) is 10.3 Å². The van der Waals surface area contributed by atoms with E-state index in [4.69, 9.17) is 0 Å². The molecule has 0 radical (unpaired) electrons.